The molecule has 0 atom stereocenters. The number of carbonyl (C=O) groups is 1. The molecule has 0 amide bonds. The zero-order chi connectivity index (χ0) is 13.5. The summed E-state index contributed by atoms with van der Waals surface area (Å²) in [6.45, 7) is 18.8. The molecular formula is C13H27O2Si. The van der Waals surface area contributed by atoms with E-state index in [9.17, 15) is 4.79 Å². The molecule has 16 heavy (non-hydrogen) atoms. The van der Waals surface area contributed by atoms with Crippen molar-refractivity contribution in [2.45, 2.75) is 65.1 Å². The van der Waals surface area contributed by atoms with Gasteiger partial charge in [-0.15, -0.1) is 0 Å². The van der Waals surface area contributed by atoms with Gasteiger partial charge in [0.2, 0.25) is 0 Å². The molecule has 0 unspecified atom stereocenters. The fourth-order valence-electron chi connectivity index (χ4n) is 2.00. The smallest absolute Gasteiger partial charge is 0.330 e. The van der Waals surface area contributed by atoms with Gasteiger partial charge in [0, 0.05) is 5.57 Å². The van der Waals surface area contributed by atoms with E-state index in [4.69, 9.17) is 5.11 Å². The average Bonchev–Trinajstić information content (AvgIpc) is 2.01. The molecule has 0 aliphatic carbocycles. The summed E-state index contributed by atoms with van der Waals surface area (Å²) in [5.41, 5.74) is 2.98. The van der Waals surface area contributed by atoms with E-state index in [1.165, 1.54) is 6.92 Å². The molecular weight excluding hydrogens is 216 g/mol. The van der Waals surface area contributed by atoms with E-state index >= 15 is 0 Å². The number of hydrogen-bond donors (Lipinski definition) is 1. The molecule has 2 nitrogen and oxygen atoms in total. The van der Waals surface area contributed by atoms with E-state index in [1.54, 1.807) is 0 Å². The monoisotopic (exact) mass is 243 g/mol. The van der Waals surface area contributed by atoms with E-state index in [0.717, 1.165) is 16.6 Å². The van der Waals surface area contributed by atoms with Gasteiger partial charge >= 0.3 is 5.97 Å². The maximum absolute atomic E-state index is 9.60. The van der Waals surface area contributed by atoms with Crippen LogP contribution in [0.1, 0.15) is 48.5 Å². The third-order valence-corrected chi connectivity index (χ3v) is 6.37. The summed E-state index contributed by atoms with van der Waals surface area (Å²) in [5, 5.41) is 7.89. The van der Waals surface area contributed by atoms with E-state index in [-0.39, 0.29) is 14.4 Å². The van der Waals surface area contributed by atoms with Gasteiger partial charge in [0.25, 0.3) is 0 Å². The fraction of sp³-hybridized carbons (Fsp3) is 0.769. The summed E-state index contributed by atoms with van der Waals surface area (Å²) in [7, 11) is -0.0957. The third kappa shape index (κ3) is 8.71. The van der Waals surface area contributed by atoms with Crippen LogP contribution in [0.4, 0.5) is 0 Å². The lowest BCUT2D eigenvalue weighted by atomic mass is 10.4. The highest BCUT2D eigenvalue weighted by molar-refractivity contribution is 6.63. The van der Waals surface area contributed by atoms with Gasteiger partial charge in [0.1, 0.15) is 0 Å². The second-order valence-electron chi connectivity index (χ2n) is 5.05. The molecule has 0 rings (SSSR count). The molecule has 0 aliphatic heterocycles. The van der Waals surface area contributed by atoms with E-state index in [1.807, 2.05) is 0 Å². The second kappa shape index (κ2) is 8.56. The van der Waals surface area contributed by atoms with Crippen LogP contribution in [0.5, 0.6) is 0 Å². The molecule has 0 saturated carbocycles. The number of hydrogen-bond acceptors (Lipinski definition) is 1. The van der Waals surface area contributed by atoms with Crippen LogP contribution in [-0.2, 0) is 4.79 Å². The largest absolute Gasteiger partial charge is 0.478 e. The summed E-state index contributed by atoms with van der Waals surface area (Å²) >= 11 is 0. The quantitative estimate of drug-likeness (QED) is 0.588. The van der Waals surface area contributed by atoms with Crippen LogP contribution in [0.25, 0.3) is 0 Å². The van der Waals surface area contributed by atoms with Crippen molar-refractivity contribution in [1.29, 1.82) is 0 Å². The first-order valence-corrected chi connectivity index (χ1v) is 7.59. The van der Waals surface area contributed by atoms with Crippen LogP contribution in [-0.4, -0.2) is 19.9 Å². The molecule has 95 valence electrons. The van der Waals surface area contributed by atoms with Gasteiger partial charge < -0.3 is 5.11 Å². The van der Waals surface area contributed by atoms with Gasteiger partial charge in [0.15, 0.2) is 0 Å². The Morgan fingerprint density at radius 2 is 1.19 bits per heavy atom. The predicted octanol–water partition coefficient (Wildman–Crippen LogP) is 4.36. The summed E-state index contributed by atoms with van der Waals surface area (Å²) in [6.07, 6.45) is 0. The minimum Gasteiger partial charge on any atom is -0.478 e. The zero-order valence-corrected chi connectivity index (χ0v) is 12.8. The number of carboxylic acids is 1. The predicted molar refractivity (Wildman–Crippen MR) is 73.5 cm³/mol. The normalized spacial score (nSPS) is 10.7. The van der Waals surface area contributed by atoms with Crippen LogP contribution < -0.4 is 0 Å². The van der Waals surface area contributed by atoms with Gasteiger partial charge in [0.05, 0.1) is 8.80 Å². The highest BCUT2D eigenvalue weighted by atomic mass is 28.3. The van der Waals surface area contributed by atoms with Gasteiger partial charge in [-0.05, 0) is 6.92 Å². The first-order valence-electron chi connectivity index (χ1n) is 5.86. The Balaban J connectivity index is 0. The van der Waals surface area contributed by atoms with E-state index < -0.39 is 5.97 Å². The molecule has 0 aromatic heterocycles. The van der Waals surface area contributed by atoms with Crippen molar-refractivity contribution >= 4 is 14.8 Å². The minimum absolute atomic E-state index is 0.0957. The molecule has 1 N–H and O–H groups in total. The summed E-state index contributed by atoms with van der Waals surface area (Å²) in [6, 6.07) is 0. The Labute approximate surface area is 102 Å². The van der Waals surface area contributed by atoms with Crippen molar-refractivity contribution in [1.82, 2.24) is 0 Å². The lowest BCUT2D eigenvalue weighted by Gasteiger charge is -2.26. The summed E-state index contributed by atoms with van der Waals surface area (Å²) in [5.74, 6) is -0.935. The van der Waals surface area contributed by atoms with Crippen LogP contribution in [0.15, 0.2) is 12.2 Å². The van der Waals surface area contributed by atoms with Crippen molar-refractivity contribution in [2.75, 3.05) is 0 Å². The van der Waals surface area contributed by atoms with E-state index in [2.05, 4.69) is 48.1 Å². The molecule has 0 spiro atoms. The minimum atomic E-state index is -0.935. The molecule has 0 heterocycles. The highest BCUT2D eigenvalue weighted by Crippen LogP contribution is 2.28. The topological polar surface area (TPSA) is 37.3 Å². The molecule has 0 aliphatic rings. The van der Waals surface area contributed by atoms with Crippen molar-refractivity contribution in [2.24, 2.45) is 0 Å². The Morgan fingerprint density at radius 1 is 1.00 bits per heavy atom. The first-order chi connectivity index (χ1) is 7.11. The Hall–Kier alpha value is -0.573. The summed E-state index contributed by atoms with van der Waals surface area (Å²) in [4.78, 5) is 9.60. The fourth-order valence-corrected chi connectivity index (χ4v) is 6.00. The van der Waals surface area contributed by atoms with Gasteiger partial charge in [-0.1, -0.05) is 64.7 Å². The molecule has 3 heteroatoms. The van der Waals surface area contributed by atoms with Crippen molar-refractivity contribution in [3.05, 3.63) is 12.2 Å². The second-order valence-corrected chi connectivity index (χ2v) is 9.51. The van der Waals surface area contributed by atoms with E-state index in [0.29, 0.717) is 0 Å². The van der Waals surface area contributed by atoms with Crippen LogP contribution >= 0.6 is 0 Å². The molecule has 1 radical (unpaired) electrons. The molecule has 0 aromatic rings. The Morgan fingerprint density at radius 3 is 1.19 bits per heavy atom. The maximum atomic E-state index is 9.60. The molecule has 0 aromatic carbocycles. The van der Waals surface area contributed by atoms with Crippen LogP contribution in [0, 0.1) is 0 Å². The highest BCUT2D eigenvalue weighted by Gasteiger charge is 2.22. The van der Waals surface area contributed by atoms with Crippen molar-refractivity contribution in [3.8, 4) is 0 Å². The average molecular weight is 243 g/mol. The molecule has 0 fully saturated rings. The molecule has 0 saturated heterocycles. The Kier molecular flexibility index (Phi) is 9.53. The maximum Gasteiger partial charge on any atom is 0.330 e. The standard InChI is InChI=1S/C9H21Si.C4H6O2/c1-7(2)10(8(3)4)9(5)6;1-3(2)4(5)6/h7-9H,1-6H3;1H2,2H3,(H,5,6). The number of carboxylic acid groups (broad SMARTS) is 1. The first kappa shape index (κ1) is 17.8. The van der Waals surface area contributed by atoms with Crippen LogP contribution in [0.3, 0.4) is 0 Å². The number of aliphatic carboxylic acids is 1. The van der Waals surface area contributed by atoms with Crippen LogP contribution in [0.2, 0.25) is 16.6 Å². The lowest BCUT2D eigenvalue weighted by molar-refractivity contribution is -0.132. The third-order valence-electron chi connectivity index (χ3n) is 2.37. The van der Waals surface area contributed by atoms with Gasteiger partial charge in [-0.2, -0.15) is 0 Å². The van der Waals surface area contributed by atoms with Crippen molar-refractivity contribution < 1.29 is 9.90 Å². The SMILES string of the molecule is C=C(C)C(=O)O.CC(C)[Si](C(C)C)C(C)C. The van der Waals surface area contributed by atoms with Gasteiger partial charge in [-0.25, -0.2) is 4.79 Å². The molecule has 0 bridgehead atoms. The number of rotatable bonds is 4. The zero-order valence-electron chi connectivity index (χ0n) is 11.8. The Bertz CT molecular complexity index is 189. The van der Waals surface area contributed by atoms with Gasteiger partial charge in [-0.3, -0.25) is 0 Å². The van der Waals surface area contributed by atoms with Crippen molar-refractivity contribution in [3.63, 3.8) is 0 Å². The lowest BCUT2D eigenvalue weighted by Crippen LogP contribution is -2.24. The summed E-state index contributed by atoms with van der Waals surface area (Å²) < 4.78 is 0.